The maximum absolute atomic E-state index is 14.0. The lowest BCUT2D eigenvalue weighted by molar-refractivity contribution is -0.143. The number of carbonyl (C=O) groups is 3. The fraction of sp³-hybridized carbons (Fsp3) is 0.448. The molecule has 2 aromatic rings. The molecule has 2 aromatic carbocycles. The summed E-state index contributed by atoms with van der Waals surface area (Å²) in [6, 6.07) is 14.7. The van der Waals surface area contributed by atoms with Crippen molar-refractivity contribution < 1.29 is 19.1 Å². The third kappa shape index (κ3) is 4.88. The Balaban J connectivity index is 1.92. The lowest BCUT2D eigenvalue weighted by Gasteiger charge is -2.39. The van der Waals surface area contributed by atoms with Crippen LogP contribution in [-0.4, -0.2) is 52.9 Å². The summed E-state index contributed by atoms with van der Waals surface area (Å²) in [7, 11) is 0. The van der Waals surface area contributed by atoms with Gasteiger partial charge in [-0.1, -0.05) is 68.2 Å². The van der Waals surface area contributed by atoms with Gasteiger partial charge in [0.05, 0.1) is 25.1 Å². The smallest absolute Gasteiger partial charge is 0.327 e. The monoisotopic (exact) mass is 555 g/mol. The molecular weight excluding hydrogens is 525 g/mol. The Kier molecular flexibility index (Phi) is 7.79. The van der Waals surface area contributed by atoms with E-state index in [1.807, 2.05) is 26.8 Å². The second-order valence-electron chi connectivity index (χ2n) is 11.0. The molecule has 2 saturated heterocycles. The van der Waals surface area contributed by atoms with Gasteiger partial charge in [-0.3, -0.25) is 14.5 Å². The molecule has 0 radical (unpaired) electrons. The van der Waals surface area contributed by atoms with Gasteiger partial charge in [0, 0.05) is 22.5 Å². The number of halogens is 2. The van der Waals surface area contributed by atoms with Gasteiger partial charge in [0.1, 0.15) is 11.5 Å². The molecule has 2 fully saturated rings. The van der Waals surface area contributed by atoms with Crippen molar-refractivity contribution >= 4 is 41.1 Å². The first-order valence-corrected chi connectivity index (χ1v) is 13.4. The lowest BCUT2D eigenvalue weighted by atomic mass is 9.62. The van der Waals surface area contributed by atoms with Crippen LogP contribution >= 0.6 is 23.2 Å². The Hall–Kier alpha value is -3.08. The molecular formula is C29H31Cl2N3O4. The first-order chi connectivity index (χ1) is 17.9. The quantitative estimate of drug-likeness (QED) is 0.311. The number of esters is 1. The van der Waals surface area contributed by atoms with Crippen LogP contribution < -0.4 is 0 Å². The van der Waals surface area contributed by atoms with E-state index in [1.54, 1.807) is 54.3 Å². The Morgan fingerprint density at radius 1 is 1.11 bits per heavy atom. The maximum Gasteiger partial charge on any atom is 0.327 e. The van der Waals surface area contributed by atoms with E-state index in [-0.39, 0.29) is 25.0 Å². The summed E-state index contributed by atoms with van der Waals surface area (Å²) in [5.74, 6) is -1.62. The van der Waals surface area contributed by atoms with E-state index in [0.717, 1.165) is 4.90 Å². The Morgan fingerprint density at radius 2 is 1.79 bits per heavy atom. The number of hydrogen-bond acceptors (Lipinski definition) is 5. The number of nitrogens with zero attached hydrogens (tertiary/aromatic N) is 3. The minimum absolute atomic E-state index is 0.0888. The zero-order valence-electron chi connectivity index (χ0n) is 21.9. The Bertz CT molecular complexity index is 1280. The van der Waals surface area contributed by atoms with Gasteiger partial charge in [0.15, 0.2) is 0 Å². The van der Waals surface area contributed by atoms with E-state index in [2.05, 4.69) is 6.07 Å². The molecule has 2 aliphatic rings. The lowest BCUT2D eigenvalue weighted by Crippen LogP contribution is -2.49. The largest absolute Gasteiger partial charge is 0.466 e. The van der Waals surface area contributed by atoms with Gasteiger partial charge < -0.3 is 9.64 Å². The number of ether oxygens (including phenoxy) is 1. The standard InChI is InChI=1S/C29H31Cl2N3O4/c1-5-38-23(35)13-14-33-26(36)25-24(18-7-6-8-21(31)15-18)29(17-32,19-9-11-20(30)12-10-19)22(16-28(2,3)4)34(25)27(33)37/h6-12,15,22,24-25H,5,13-14,16H2,1-4H3/t22-,24+,25-,29+/m1/s1. The van der Waals surface area contributed by atoms with E-state index in [0.29, 0.717) is 27.6 Å². The van der Waals surface area contributed by atoms with Crippen LogP contribution in [0.2, 0.25) is 10.0 Å². The number of rotatable bonds is 7. The minimum atomic E-state index is -1.26. The summed E-state index contributed by atoms with van der Waals surface area (Å²) in [6.45, 7) is 7.95. The maximum atomic E-state index is 14.0. The highest BCUT2D eigenvalue weighted by molar-refractivity contribution is 6.30. The first-order valence-electron chi connectivity index (χ1n) is 12.7. The molecule has 2 aliphatic heterocycles. The average molecular weight is 556 g/mol. The highest BCUT2D eigenvalue weighted by atomic mass is 35.5. The number of fused-ring (bicyclic) bond motifs is 1. The normalized spacial score (nSPS) is 24.9. The first kappa shape index (κ1) is 27.9. The molecule has 4 rings (SSSR count). The van der Waals surface area contributed by atoms with Crippen molar-refractivity contribution in [2.75, 3.05) is 13.2 Å². The molecule has 7 nitrogen and oxygen atoms in total. The van der Waals surface area contributed by atoms with Crippen LogP contribution in [0.3, 0.4) is 0 Å². The molecule has 9 heteroatoms. The van der Waals surface area contributed by atoms with Gasteiger partial charge in [-0.2, -0.15) is 5.26 Å². The van der Waals surface area contributed by atoms with Crippen molar-refractivity contribution in [3.05, 3.63) is 69.7 Å². The van der Waals surface area contributed by atoms with Gasteiger partial charge in [-0.05, 0) is 54.2 Å². The predicted octanol–water partition coefficient (Wildman–Crippen LogP) is 5.94. The van der Waals surface area contributed by atoms with Crippen LogP contribution in [0, 0.1) is 16.7 Å². The average Bonchev–Trinajstić information content (AvgIpc) is 3.26. The van der Waals surface area contributed by atoms with Crippen molar-refractivity contribution in [1.82, 2.24) is 9.80 Å². The van der Waals surface area contributed by atoms with E-state index in [1.165, 1.54) is 0 Å². The van der Waals surface area contributed by atoms with E-state index in [4.69, 9.17) is 27.9 Å². The SMILES string of the molecule is CCOC(=O)CCN1C(=O)[C@H]2[C@H](c3cccc(Cl)c3)[C@@](C#N)(c3ccc(Cl)cc3)[C@@H](CC(C)(C)C)N2C1=O. The van der Waals surface area contributed by atoms with E-state index >= 15 is 0 Å². The molecule has 0 N–H and O–H groups in total. The van der Waals surface area contributed by atoms with Crippen LogP contribution in [0.5, 0.6) is 0 Å². The number of carbonyl (C=O) groups excluding carboxylic acids is 3. The molecule has 3 amide bonds. The summed E-state index contributed by atoms with van der Waals surface area (Å²) in [4.78, 5) is 42.6. The summed E-state index contributed by atoms with van der Waals surface area (Å²) in [6.07, 6.45) is 0.361. The molecule has 0 aliphatic carbocycles. The fourth-order valence-corrected chi connectivity index (χ4v) is 6.19. The Morgan fingerprint density at radius 3 is 2.37 bits per heavy atom. The molecule has 2 heterocycles. The molecule has 38 heavy (non-hydrogen) atoms. The Labute approximate surface area is 233 Å². The van der Waals surface area contributed by atoms with E-state index in [9.17, 15) is 19.6 Å². The van der Waals surface area contributed by atoms with Crippen LogP contribution in [-0.2, 0) is 19.7 Å². The minimum Gasteiger partial charge on any atom is -0.466 e. The summed E-state index contributed by atoms with van der Waals surface area (Å²) < 4.78 is 5.00. The van der Waals surface area contributed by atoms with Crippen molar-refractivity contribution in [3.63, 3.8) is 0 Å². The third-order valence-corrected chi connectivity index (χ3v) is 7.79. The van der Waals surface area contributed by atoms with Gasteiger partial charge in [0.2, 0.25) is 0 Å². The molecule has 0 aromatic heterocycles. The number of amides is 3. The van der Waals surface area contributed by atoms with Crippen molar-refractivity contribution in [2.24, 2.45) is 5.41 Å². The summed E-state index contributed by atoms with van der Waals surface area (Å²) in [5.41, 5.74) is -0.175. The third-order valence-electron chi connectivity index (χ3n) is 7.30. The number of urea groups is 1. The highest BCUT2D eigenvalue weighted by Crippen LogP contribution is 2.57. The molecule has 0 saturated carbocycles. The van der Waals surface area contributed by atoms with E-state index < -0.39 is 41.3 Å². The van der Waals surface area contributed by atoms with Crippen LogP contribution in [0.25, 0.3) is 0 Å². The number of imide groups is 1. The zero-order chi connectivity index (χ0) is 27.8. The van der Waals surface area contributed by atoms with Crippen molar-refractivity contribution in [1.29, 1.82) is 5.26 Å². The number of benzene rings is 2. The van der Waals surface area contributed by atoms with Gasteiger partial charge in [-0.25, -0.2) is 4.79 Å². The summed E-state index contributed by atoms with van der Waals surface area (Å²) >= 11 is 12.6. The zero-order valence-corrected chi connectivity index (χ0v) is 23.4. The molecule has 0 spiro atoms. The number of nitriles is 1. The fourth-order valence-electron chi connectivity index (χ4n) is 5.87. The van der Waals surface area contributed by atoms with Crippen LogP contribution in [0.1, 0.15) is 57.6 Å². The number of hydrogen-bond donors (Lipinski definition) is 0. The molecule has 0 bridgehead atoms. The highest BCUT2D eigenvalue weighted by Gasteiger charge is 2.69. The van der Waals surface area contributed by atoms with Gasteiger partial charge in [0.25, 0.3) is 5.91 Å². The topological polar surface area (TPSA) is 90.7 Å². The van der Waals surface area contributed by atoms with Gasteiger partial charge >= 0.3 is 12.0 Å². The molecule has 200 valence electrons. The molecule has 4 atom stereocenters. The second-order valence-corrected chi connectivity index (χ2v) is 11.9. The van der Waals surface area contributed by atoms with Crippen LogP contribution in [0.4, 0.5) is 4.79 Å². The molecule has 0 unspecified atom stereocenters. The van der Waals surface area contributed by atoms with Crippen molar-refractivity contribution in [2.45, 2.75) is 64.0 Å². The summed E-state index contributed by atoms with van der Waals surface area (Å²) in [5, 5.41) is 12.0. The predicted molar refractivity (Wildman–Crippen MR) is 145 cm³/mol. The van der Waals surface area contributed by atoms with Crippen LogP contribution in [0.15, 0.2) is 48.5 Å². The second kappa shape index (κ2) is 10.6. The van der Waals surface area contributed by atoms with Gasteiger partial charge in [-0.15, -0.1) is 0 Å². The van der Waals surface area contributed by atoms with Crippen molar-refractivity contribution in [3.8, 4) is 6.07 Å².